The smallest absolute Gasteiger partial charge is 0.307 e. The minimum absolute atomic E-state index is 0.255. The van der Waals surface area contributed by atoms with E-state index in [9.17, 15) is 4.79 Å². The van der Waals surface area contributed by atoms with Crippen LogP contribution >= 0.6 is 11.3 Å². The summed E-state index contributed by atoms with van der Waals surface area (Å²) < 4.78 is 1.27. The van der Waals surface area contributed by atoms with Crippen LogP contribution in [0.1, 0.15) is 18.4 Å². The van der Waals surface area contributed by atoms with Crippen LogP contribution in [0.2, 0.25) is 0 Å². The summed E-state index contributed by atoms with van der Waals surface area (Å²) in [5.74, 6) is -0.554. The Morgan fingerprint density at radius 1 is 1.43 bits per heavy atom. The lowest BCUT2D eigenvalue weighted by Crippen LogP contribution is -2.40. The van der Waals surface area contributed by atoms with E-state index in [0.717, 1.165) is 31.5 Å². The molecule has 1 aliphatic heterocycles. The predicted molar refractivity (Wildman–Crippen MR) is 94.1 cm³/mol. The van der Waals surface area contributed by atoms with Crippen LogP contribution in [0.15, 0.2) is 34.7 Å². The van der Waals surface area contributed by atoms with E-state index < -0.39 is 5.97 Å². The van der Waals surface area contributed by atoms with Crippen molar-refractivity contribution in [2.75, 3.05) is 19.6 Å². The second-order valence-corrected chi connectivity index (χ2v) is 6.85. The Morgan fingerprint density at radius 3 is 3.17 bits per heavy atom. The molecule has 1 aromatic heterocycles. The number of carboxylic acid groups (broad SMARTS) is 1. The number of hydrogen-bond acceptors (Lipinski definition) is 5. The highest BCUT2D eigenvalue weighted by atomic mass is 32.1. The van der Waals surface area contributed by atoms with Crippen molar-refractivity contribution < 1.29 is 9.90 Å². The third-order valence-corrected chi connectivity index (χ3v) is 5.24. The highest BCUT2D eigenvalue weighted by Gasteiger charge is 2.26. The molecule has 0 bridgehead atoms. The molecule has 5 nitrogen and oxygen atoms in total. The number of hydrogen-bond donors (Lipinski definition) is 3. The molecule has 2 heterocycles. The topological polar surface area (TPSA) is 73.7 Å². The quantitative estimate of drug-likeness (QED) is 0.432. The van der Waals surface area contributed by atoms with Gasteiger partial charge in [-0.1, -0.05) is 18.2 Å². The summed E-state index contributed by atoms with van der Waals surface area (Å²) in [6.07, 6.45) is 3.54. The molecular weight excluding hydrogens is 310 g/mol. The maximum atomic E-state index is 11.0. The van der Waals surface area contributed by atoms with Gasteiger partial charge in [-0.3, -0.25) is 4.79 Å². The highest BCUT2D eigenvalue weighted by molar-refractivity contribution is 7.17. The lowest BCUT2D eigenvalue weighted by atomic mass is 9.88. The molecule has 3 N–H and O–H groups in total. The monoisotopic (exact) mass is 331 g/mol. The van der Waals surface area contributed by atoms with Crippen LogP contribution in [0.25, 0.3) is 10.1 Å². The molecule has 1 fully saturated rings. The average molecular weight is 331 g/mol. The van der Waals surface area contributed by atoms with Crippen molar-refractivity contribution in [2.24, 2.45) is 16.9 Å². The van der Waals surface area contributed by atoms with E-state index in [-0.39, 0.29) is 5.92 Å². The fourth-order valence-electron chi connectivity index (χ4n) is 2.99. The minimum atomic E-state index is -0.697. The van der Waals surface area contributed by atoms with Crippen LogP contribution in [-0.2, 0) is 4.79 Å². The highest BCUT2D eigenvalue weighted by Crippen LogP contribution is 2.24. The van der Waals surface area contributed by atoms with Crippen LogP contribution < -0.4 is 10.7 Å². The molecule has 2 aromatic rings. The van der Waals surface area contributed by atoms with Crippen LogP contribution in [0.3, 0.4) is 0 Å². The number of piperidine rings is 1. The number of rotatable bonds is 6. The molecule has 1 saturated heterocycles. The first-order chi connectivity index (χ1) is 11.2. The number of fused-ring (bicyclic) bond motifs is 1. The van der Waals surface area contributed by atoms with E-state index in [0.29, 0.717) is 12.5 Å². The molecule has 0 spiro atoms. The maximum absolute atomic E-state index is 11.0. The third kappa shape index (κ3) is 4.09. The van der Waals surface area contributed by atoms with Crippen molar-refractivity contribution in [1.29, 1.82) is 0 Å². The van der Waals surface area contributed by atoms with E-state index in [4.69, 9.17) is 5.11 Å². The number of hydrazone groups is 1. The van der Waals surface area contributed by atoms with Crippen molar-refractivity contribution in [3.63, 3.8) is 0 Å². The summed E-state index contributed by atoms with van der Waals surface area (Å²) in [6, 6.07) is 8.29. The van der Waals surface area contributed by atoms with Crippen LogP contribution in [0.5, 0.6) is 0 Å². The second-order valence-electron chi connectivity index (χ2n) is 5.94. The standard InChI is InChI=1S/C17H21N3O2S/c21-17(22)13-7-12(8-18-9-13)5-6-19-20-10-14-11-23-16-4-2-1-3-15(14)16/h1-4,10-13,18-19H,5-9H2,(H,21,22)/b20-10+/t12-,13+/m0/s1. The van der Waals surface area contributed by atoms with Crippen molar-refractivity contribution in [3.8, 4) is 0 Å². The van der Waals surface area contributed by atoms with Gasteiger partial charge in [0.15, 0.2) is 0 Å². The zero-order valence-corrected chi connectivity index (χ0v) is 13.7. The number of nitrogens with one attached hydrogen (secondary N) is 2. The number of carboxylic acids is 1. The average Bonchev–Trinajstić information content (AvgIpc) is 2.98. The molecule has 3 rings (SSSR count). The van der Waals surface area contributed by atoms with Gasteiger partial charge in [-0.05, 0) is 31.4 Å². The molecular formula is C17H21N3O2S. The molecule has 122 valence electrons. The predicted octanol–water partition coefficient (Wildman–Crippen LogP) is 2.53. The molecule has 0 amide bonds. The van der Waals surface area contributed by atoms with E-state index in [1.807, 2.05) is 18.3 Å². The molecule has 1 aliphatic rings. The van der Waals surface area contributed by atoms with Gasteiger partial charge in [0.25, 0.3) is 0 Å². The van der Waals surface area contributed by atoms with Gasteiger partial charge in [0.2, 0.25) is 0 Å². The van der Waals surface area contributed by atoms with Gasteiger partial charge < -0.3 is 15.8 Å². The minimum Gasteiger partial charge on any atom is -0.481 e. The van der Waals surface area contributed by atoms with Gasteiger partial charge in [-0.25, -0.2) is 0 Å². The first kappa shape index (κ1) is 16.0. The molecule has 2 atom stereocenters. The number of thiophene rings is 1. The van der Waals surface area contributed by atoms with Gasteiger partial charge in [-0.15, -0.1) is 11.3 Å². The Labute approximate surface area is 139 Å². The summed E-state index contributed by atoms with van der Waals surface area (Å²) in [5, 5.41) is 19.9. The normalized spacial score (nSPS) is 21.7. The second kappa shape index (κ2) is 7.57. The first-order valence-electron chi connectivity index (χ1n) is 7.89. The number of aliphatic carboxylic acids is 1. The number of carbonyl (C=O) groups is 1. The molecule has 0 radical (unpaired) electrons. The molecule has 1 aromatic carbocycles. The van der Waals surface area contributed by atoms with E-state index in [1.54, 1.807) is 11.3 Å². The Bertz CT molecular complexity index is 698. The first-order valence-corrected chi connectivity index (χ1v) is 8.77. The molecule has 23 heavy (non-hydrogen) atoms. The molecule has 0 aliphatic carbocycles. The van der Waals surface area contributed by atoms with Crippen LogP contribution in [-0.4, -0.2) is 36.9 Å². The zero-order valence-electron chi connectivity index (χ0n) is 12.9. The fourth-order valence-corrected chi connectivity index (χ4v) is 3.90. The largest absolute Gasteiger partial charge is 0.481 e. The lowest BCUT2D eigenvalue weighted by Gasteiger charge is -2.27. The van der Waals surface area contributed by atoms with Gasteiger partial charge in [0.1, 0.15) is 0 Å². The Morgan fingerprint density at radius 2 is 2.30 bits per heavy atom. The molecule has 0 unspecified atom stereocenters. The number of benzene rings is 1. The van der Waals surface area contributed by atoms with Gasteiger partial charge in [0, 0.05) is 34.1 Å². The van der Waals surface area contributed by atoms with E-state index in [2.05, 4.69) is 33.4 Å². The summed E-state index contributed by atoms with van der Waals surface area (Å²) >= 11 is 1.72. The number of nitrogens with zero attached hydrogens (tertiary/aromatic N) is 1. The van der Waals surface area contributed by atoms with Crippen molar-refractivity contribution in [3.05, 3.63) is 35.2 Å². The summed E-state index contributed by atoms with van der Waals surface area (Å²) in [6.45, 7) is 2.24. The van der Waals surface area contributed by atoms with Crippen LogP contribution in [0.4, 0.5) is 0 Å². The molecule has 0 saturated carbocycles. The van der Waals surface area contributed by atoms with Gasteiger partial charge in [-0.2, -0.15) is 5.10 Å². The maximum Gasteiger partial charge on any atom is 0.307 e. The summed E-state index contributed by atoms with van der Waals surface area (Å²) in [5.41, 5.74) is 4.21. The summed E-state index contributed by atoms with van der Waals surface area (Å²) in [7, 11) is 0. The Balaban J connectivity index is 1.45. The Hall–Kier alpha value is -1.92. The SMILES string of the molecule is O=C(O)[C@H]1CNC[C@@H](CCN/N=C/c2csc3ccccc23)C1. The van der Waals surface area contributed by atoms with Crippen molar-refractivity contribution in [1.82, 2.24) is 10.7 Å². The van der Waals surface area contributed by atoms with Crippen molar-refractivity contribution >= 4 is 33.6 Å². The molecule has 6 heteroatoms. The van der Waals surface area contributed by atoms with E-state index in [1.165, 1.54) is 10.1 Å². The van der Waals surface area contributed by atoms with Crippen molar-refractivity contribution in [2.45, 2.75) is 12.8 Å². The van der Waals surface area contributed by atoms with Gasteiger partial charge >= 0.3 is 5.97 Å². The van der Waals surface area contributed by atoms with E-state index >= 15 is 0 Å². The lowest BCUT2D eigenvalue weighted by molar-refractivity contribution is -0.142. The third-order valence-electron chi connectivity index (χ3n) is 4.26. The summed E-state index contributed by atoms with van der Waals surface area (Å²) in [4.78, 5) is 11.0. The van der Waals surface area contributed by atoms with Crippen LogP contribution in [0, 0.1) is 11.8 Å². The Kier molecular flexibility index (Phi) is 5.25. The van der Waals surface area contributed by atoms with Gasteiger partial charge in [0.05, 0.1) is 12.1 Å². The fraction of sp³-hybridized carbons (Fsp3) is 0.412. The zero-order chi connectivity index (χ0) is 16.1.